The van der Waals surface area contributed by atoms with Gasteiger partial charge in [0.1, 0.15) is 5.52 Å². The van der Waals surface area contributed by atoms with Crippen molar-refractivity contribution in [2.45, 2.75) is 46.1 Å². The second-order valence-electron chi connectivity index (χ2n) is 8.45. The Kier molecular flexibility index (Phi) is 6.48. The highest BCUT2D eigenvalue weighted by Crippen LogP contribution is 2.24. The van der Waals surface area contributed by atoms with Crippen LogP contribution in [0.3, 0.4) is 0 Å². The number of amides is 2. The third kappa shape index (κ3) is 5.97. The Morgan fingerprint density at radius 2 is 1.77 bits per heavy atom. The van der Waals surface area contributed by atoms with E-state index in [4.69, 9.17) is 4.42 Å². The van der Waals surface area contributed by atoms with Gasteiger partial charge in [-0.05, 0) is 76.1 Å². The molecule has 0 radical (unpaired) electrons. The average Bonchev–Trinajstić information content (AvgIpc) is 3.06. The quantitative estimate of drug-likeness (QED) is 0.470. The van der Waals surface area contributed by atoms with E-state index < -0.39 is 11.6 Å². The molecule has 0 aliphatic heterocycles. The van der Waals surface area contributed by atoms with E-state index in [1.54, 1.807) is 12.1 Å². The molecule has 2 amide bonds. The van der Waals surface area contributed by atoms with Crippen molar-refractivity contribution in [1.82, 2.24) is 9.88 Å². The van der Waals surface area contributed by atoms with Gasteiger partial charge in [-0.1, -0.05) is 6.07 Å². The minimum Gasteiger partial charge on any atom is -0.465 e. The van der Waals surface area contributed by atoms with E-state index in [2.05, 4.69) is 15.6 Å². The normalized spacial score (nSPS) is 11.4. The summed E-state index contributed by atoms with van der Waals surface area (Å²) in [5.74, 6) is -0.158. The number of anilines is 3. The first kappa shape index (κ1) is 22.1. The summed E-state index contributed by atoms with van der Waals surface area (Å²) in [5.41, 5.74) is 3.55. The number of hydrogen-bond acceptors (Lipinski definition) is 5. The first-order chi connectivity index (χ1) is 14.6. The third-order valence-corrected chi connectivity index (χ3v) is 4.79. The monoisotopic (exact) mass is 424 g/mol. The molecule has 31 heavy (non-hydrogen) atoms. The minimum absolute atomic E-state index is 0.158. The molecule has 1 aromatic heterocycles. The largest absolute Gasteiger partial charge is 0.465 e. The number of fused-ring (bicyclic) bond motifs is 1. The molecule has 3 N–H and O–H groups in total. The van der Waals surface area contributed by atoms with E-state index >= 15 is 0 Å². The highest BCUT2D eigenvalue weighted by molar-refractivity contribution is 5.91. The fourth-order valence-corrected chi connectivity index (χ4v) is 3.18. The van der Waals surface area contributed by atoms with Crippen molar-refractivity contribution in [1.29, 1.82) is 0 Å². The number of aromatic nitrogens is 1. The van der Waals surface area contributed by atoms with Gasteiger partial charge in [0, 0.05) is 29.9 Å². The molecule has 0 spiro atoms. The number of carbonyl (C=O) groups excluding carboxylic acids is 1. The minimum atomic E-state index is -0.981. The summed E-state index contributed by atoms with van der Waals surface area (Å²) in [6.45, 7) is 7.80. The summed E-state index contributed by atoms with van der Waals surface area (Å²) >= 11 is 0. The summed E-state index contributed by atoms with van der Waals surface area (Å²) in [6.07, 6.45) is -0.293. The van der Waals surface area contributed by atoms with Crippen LogP contribution in [0, 0.1) is 6.92 Å². The van der Waals surface area contributed by atoms with Crippen molar-refractivity contribution >= 4 is 40.5 Å². The number of oxazole rings is 1. The van der Waals surface area contributed by atoms with Gasteiger partial charge in [-0.3, -0.25) is 4.79 Å². The highest BCUT2D eigenvalue weighted by atomic mass is 16.4. The van der Waals surface area contributed by atoms with Gasteiger partial charge in [0.25, 0.3) is 6.01 Å². The van der Waals surface area contributed by atoms with Gasteiger partial charge >= 0.3 is 6.09 Å². The lowest BCUT2D eigenvalue weighted by atomic mass is 10.1. The zero-order valence-corrected chi connectivity index (χ0v) is 18.2. The van der Waals surface area contributed by atoms with E-state index in [-0.39, 0.29) is 12.3 Å². The zero-order valence-electron chi connectivity index (χ0n) is 18.2. The van der Waals surface area contributed by atoms with Crippen molar-refractivity contribution in [2.24, 2.45) is 0 Å². The number of nitrogens with zero attached hydrogens (tertiary/aromatic N) is 2. The van der Waals surface area contributed by atoms with E-state index in [0.717, 1.165) is 22.4 Å². The van der Waals surface area contributed by atoms with E-state index in [1.807, 2.05) is 58.0 Å². The van der Waals surface area contributed by atoms with Crippen LogP contribution >= 0.6 is 0 Å². The second-order valence-corrected chi connectivity index (χ2v) is 8.45. The fourth-order valence-electron chi connectivity index (χ4n) is 3.18. The van der Waals surface area contributed by atoms with E-state index in [9.17, 15) is 14.7 Å². The lowest BCUT2D eigenvalue weighted by molar-refractivity contribution is -0.116. The molecule has 8 nitrogen and oxygen atoms in total. The third-order valence-electron chi connectivity index (χ3n) is 4.79. The van der Waals surface area contributed by atoms with Gasteiger partial charge in [-0.25, -0.2) is 4.79 Å². The van der Waals surface area contributed by atoms with Crippen LogP contribution in [0.15, 0.2) is 46.9 Å². The van der Waals surface area contributed by atoms with Crippen LogP contribution in [0.2, 0.25) is 0 Å². The standard InChI is InChI=1S/C23H28N4O4/c1-15-7-12-18-19(14-15)31-21(26-18)25-17-10-8-16(9-11-17)24-20(28)6-5-13-27(22(29)30)23(2,3)4/h7-12,14H,5-6,13H2,1-4H3,(H,24,28)(H,25,26)(H,29,30). The van der Waals surface area contributed by atoms with Crippen LogP contribution in [-0.4, -0.2) is 39.1 Å². The lowest BCUT2D eigenvalue weighted by Crippen LogP contribution is -2.45. The van der Waals surface area contributed by atoms with E-state index in [1.165, 1.54) is 4.90 Å². The molecule has 0 saturated heterocycles. The first-order valence-corrected chi connectivity index (χ1v) is 10.2. The molecule has 0 atom stereocenters. The predicted octanol–water partition coefficient (Wildman–Crippen LogP) is 5.38. The van der Waals surface area contributed by atoms with E-state index in [0.29, 0.717) is 24.7 Å². The number of rotatable bonds is 7. The van der Waals surface area contributed by atoms with Crippen LogP contribution in [0.4, 0.5) is 22.2 Å². The Morgan fingerprint density at radius 1 is 1.10 bits per heavy atom. The molecule has 0 bridgehead atoms. The van der Waals surface area contributed by atoms with Gasteiger partial charge in [-0.15, -0.1) is 0 Å². The molecule has 0 aliphatic rings. The first-order valence-electron chi connectivity index (χ1n) is 10.2. The molecule has 0 saturated carbocycles. The van der Waals surface area contributed by atoms with Crippen LogP contribution in [0.25, 0.3) is 11.1 Å². The van der Waals surface area contributed by atoms with Crippen LogP contribution in [0.1, 0.15) is 39.2 Å². The molecule has 0 unspecified atom stereocenters. The molecular weight excluding hydrogens is 396 g/mol. The highest BCUT2D eigenvalue weighted by Gasteiger charge is 2.25. The Labute approximate surface area is 181 Å². The summed E-state index contributed by atoms with van der Waals surface area (Å²) in [5, 5.41) is 15.2. The molecule has 8 heteroatoms. The van der Waals surface area contributed by atoms with Gasteiger partial charge < -0.3 is 25.1 Å². The van der Waals surface area contributed by atoms with Crippen LogP contribution < -0.4 is 10.6 Å². The van der Waals surface area contributed by atoms with Crippen LogP contribution in [0.5, 0.6) is 0 Å². The molecule has 2 aromatic carbocycles. The Morgan fingerprint density at radius 3 is 2.42 bits per heavy atom. The van der Waals surface area contributed by atoms with Gasteiger partial charge in [0.05, 0.1) is 0 Å². The van der Waals surface area contributed by atoms with Crippen LogP contribution in [-0.2, 0) is 4.79 Å². The smallest absolute Gasteiger partial charge is 0.407 e. The average molecular weight is 425 g/mol. The molecular formula is C23H28N4O4. The summed E-state index contributed by atoms with van der Waals surface area (Å²) in [4.78, 5) is 29.3. The fraction of sp³-hybridized carbons (Fsp3) is 0.348. The van der Waals surface area contributed by atoms with Gasteiger partial charge in [0.2, 0.25) is 5.91 Å². The summed E-state index contributed by atoms with van der Waals surface area (Å²) in [6, 6.07) is 13.4. The van der Waals surface area contributed by atoms with Crippen molar-refractivity contribution in [2.75, 3.05) is 17.2 Å². The topological polar surface area (TPSA) is 108 Å². The Balaban J connectivity index is 1.51. The maximum atomic E-state index is 12.2. The SMILES string of the molecule is Cc1ccc2nc(Nc3ccc(NC(=O)CCCN(C(=O)O)C(C)(C)C)cc3)oc2c1. The van der Waals surface area contributed by atoms with Gasteiger partial charge in [-0.2, -0.15) is 4.98 Å². The second kappa shape index (κ2) is 9.07. The molecule has 3 rings (SSSR count). The van der Waals surface area contributed by atoms with Gasteiger partial charge in [0.15, 0.2) is 5.58 Å². The summed E-state index contributed by atoms with van der Waals surface area (Å²) < 4.78 is 5.71. The summed E-state index contributed by atoms with van der Waals surface area (Å²) in [7, 11) is 0. The molecule has 0 fully saturated rings. The zero-order chi connectivity index (χ0) is 22.6. The Bertz CT molecular complexity index is 1070. The lowest BCUT2D eigenvalue weighted by Gasteiger charge is -2.33. The maximum Gasteiger partial charge on any atom is 0.407 e. The van der Waals surface area contributed by atoms with Crippen molar-refractivity contribution in [3.8, 4) is 0 Å². The maximum absolute atomic E-state index is 12.2. The molecule has 3 aromatic rings. The number of hydrogen-bond donors (Lipinski definition) is 3. The van der Waals surface area contributed by atoms with Crippen molar-refractivity contribution in [3.63, 3.8) is 0 Å². The number of carbonyl (C=O) groups is 2. The van der Waals surface area contributed by atoms with Crippen molar-refractivity contribution < 1.29 is 19.1 Å². The number of carboxylic acid groups (broad SMARTS) is 1. The Hall–Kier alpha value is -3.55. The molecule has 1 heterocycles. The number of benzene rings is 2. The molecule has 164 valence electrons. The molecule has 0 aliphatic carbocycles. The number of nitrogens with one attached hydrogen (secondary N) is 2. The predicted molar refractivity (Wildman–Crippen MR) is 121 cm³/mol. The number of aryl methyl sites for hydroxylation is 1. The van der Waals surface area contributed by atoms with Crippen molar-refractivity contribution in [3.05, 3.63) is 48.0 Å².